The van der Waals surface area contributed by atoms with Crippen molar-refractivity contribution in [3.8, 4) is 0 Å². The molecular formula is C12H19N3O. The number of rotatable bonds is 2. The third kappa shape index (κ3) is 2.66. The van der Waals surface area contributed by atoms with Gasteiger partial charge in [-0.05, 0) is 24.6 Å². The molecule has 0 radical (unpaired) electrons. The van der Waals surface area contributed by atoms with Crippen molar-refractivity contribution in [3.63, 3.8) is 0 Å². The van der Waals surface area contributed by atoms with Gasteiger partial charge >= 0.3 is 6.03 Å². The second-order valence-electron chi connectivity index (χ2n) is 4.13. The minimum atomic E-state index is -0.0186. The molecule has 0 aliphatic rings. The van der Waals surface area contributed by atoms with Crippen molar-refractivity contribution in [2.45, 2.75) is 13.0 Å². The lowest BCUT2D eigenvalue weighted by molar-refractivity contribution is 0.167. The highest BCUT2D eigenvalue weighted by molar-refractivity contribution is 5.74. The second-order valence-corrected chi connectivity index (χ2v) is 4.13. The van der Waals surface area contributed by atoms with E-state index in [0.717, 1.165) is 11.3 Å². The lowest BCUT2D eigenvalue weighted by Crippen LogP contribution is -2.37. The number of urea groups is 1. The highest BCUT2D eigenvalue weighted by Gasteiger charge is 2.18. The van der Waals surface area contributed by atoms with Crippen LogP contribution in [0, 0.1) is 0 Å². The summed E-state index contributed by atoms with van der Waals surface area (Å²) >= 11 is 0. The molecule has 1 atom stereocenters. The first-order valence-electron chi connectivity index (χ1n) is 5.23. The summed E-state index contributed by atoms with van der Waals surface area (Å²) in [6, 6.07) is 7.59. The number of nitrogen functional groups attached to an aromatic ring is 1. The molecule has 0 heterocycles. The van der Waals surface area contributed by atoms with Gasteiger partial charge in [0, 0.05) is 26.8 Å². The van der Waals surface area contributed by atoms with Crippen LogP contribution in [0.2, 0.25) is 0 Å². The number of carbonyl (C=O) groups excluding carboxylic acids is 1. The van der Waals surface area contributed by atoms with E-state index in [0.29, 0.717) is 0 Å². The van der Waals surface area contributed by atoms with E-state index >= 15 is 0 Å². The van der Waals surface area contributed by atoms with Crippen LogP contribution in [0.3, 0.4) is 0 Å². The fourth-order valence-electron chi connectivity index (χ4n) is 1.52. The number of benzene rings is 1. The Morgan fingerprint density at radius 2 is 1.94 bits per heavy atom. The molecule has 1 unspecified atom stereocenters. The zero-order chi connectivity index (χ0) is 12.3. The van der Waals surface area contributed by atoms with Crippen LogP contribution in [0.15, 0.2) is 24.3 Å². The number of carbonyl (C=O) groups is 1. The van der Waals surface area contributed by atoms with Crippen molar-refractivity contribution in [2.24, 2.45) is 0 Å². The van der Waals surface area contributed by atoms with Crippen molar-refractivity contribution in [1.82, 2.24) is 9.80 Å². The number of anilines is 1. The predicted octanol–water partition coefficient (Wildman–Crippen LogP) is 1.94. The number of amides is 2. The third-order valence-electron chi connectivity index (χ3n) is 2.66. The zero-order valence-corrected chi connectivity index (χ0v) is 10.3. The van der Waals surface area contributed by atoms with Crippen molar-refractivity contribution in [2.75, 3.05) is 26.9 Å². The molecule has 0 aliphatic carbocycles. The summed E-state index contributed by atoms with van der Waals surface area (Å²) in [6.45, 7) is 1.98. The number of hydrogen-bond donors (Lipinski definition) is 1. The minimum Gasteiger partial charge on any atom is -0.399 e. The zero-order valence-electron chi connectivity index (χ0n) is 10.3. The molecular weight excluding hydrogens is 202 g/mol. The molecule has 1 aromatic rings. The van der Waals surface area contributed by atoms with Crippen LogP contribution in [0.25, 0.3) is 0 Å². The lowest BCUT2D eigenvalue weighted by atomic mass is 10.1. The molecule has 0 fully saturated rings. The van der Waals surface area contributed by atoms with Gasteiger partial charge in [0.1, 0.15) is 0 Å². The maximum Gasteiger partial charge on any atom is 0.319 e. The van der Waals surface area contributed by atoms with E-state index in [1.807, 2.05) is 31.2 Å². The first kappa shape index (κ1) is 12.4. The first-order valence-corrected chi connectivity index (χ1v) is 5.23. The summed E-state index contributed by atoms with van der Waals surface area (Å²) in [5.74, 6) is 0. The minimum absolute atomic E-state index is 0.0124. The Morgan fingerprint density at radius 1 is 1.31 bits per heavy atom. The first-order chi connectivity index (χ1) is 7.43. The molecule has 2 N–H and O–H groups in total. The molecule has 0 saturated carbocycles. The maximum absolute atomic E-state index is 11.8. The standard InChI is InChI=1S/C12H19N3O/c1-9(15(4)12(16)14(2)3)10-6-5-7-11(13)8-10/h5-9H,13H2,1-4H3. The SMILES string of the molecule is CC(c1cccc(N)c1)N(C)C(=O)N(C)C. The molecule has 1 aromatic carbocycles. The number of nitrogens with zero attached hydrogens (tertiary/aromatic N) is 2. The number of hydrogen-bond acceptors (Lipinski definition) is 2. The van der Waals surface area contributed by atoms with Crippen molar-refractivity contribution >= 4 is 11.7 Å². The smallest absolute Gasteiger partial charge is 0.319 e. The van der Waals surface area contributed by atoms with Crippen LogP contribution in [-0.2, 0) is 0 Å². The van der Waals surface area contributed by atoms with Gasteiger partial charge < -0.3 is 15.5 Å². The van der Waals surface area contributed by atoms with E-state index < -0.39 is 0 Å². The van der Waals surface area contributed by atoms with Gasteiger partial charge in [-0.2, -0.15) is 0 Å². The fourth-order valence-corrected chi connectivity index (χ4v) is 1.52. The van der Waals surface area contributed by atoms with Crippen LogP contribution in [0.1, 0.15) is 18.5 Å². The van der Waals surface area contributed by atoms with Crippen molar-refractivity contribution in [1.29, 1.82) is 0 Å². The van der Waals surface area contributed by atoms with E-state index in [-0.39, 0.29) is 12.1 Å². The molecule has 0 bridgehead atoms. The quantitative estimate of drug-likeness (QED) is 0.776. The average Bonchev–Trinajstić information content (AvgIpc) is 2.26. The summed E-state index contributed by atoms with van der Waals surface area (Å²) in [4.78, 5) is 15.0. The summed E-state index contributed by atoms with van der Waals surface area (Å²) < 4.78 is 0. The molecule has 2 amide bonds. The Labute approximate surface area is 96.6 Å². The van der Waals surface area contributed by atoms with E-state index in [2.05, 4.69) is 0 Å². The molecule has 0 aromatic heterocycles. The molecule has 4 nitrogen and oxygen atoms in total. The van der Waals surface area contributed by atoms with Gasteiger partial charge in [-0.1, -0.05) is 12.1 Å². The van der Waals surface area contributed by atoms with E-state index in [9.17, 15) is 4.79 Å². The third-order valence-corrected chi connectivity index (χ3v) is 2.66. The van der Waals surface area contributed by atoms with E-state index in [1.54, 1.807) is 30.9 Å². The Balaban J connectivity index is 2.85. The van der Waals surface area contributed by atoms with Gasteiger partial charge in [0.2, 0.25) is 0 Å². The van der Waals surface area contributed by atoms with Gasteiger partial charge in [-0.25, -0.2) is 4.79 Å². The molecule has 4 heteroatoms. The van der Waals surface area contributed by atoms with Crippen LogP contribution in [-0.4, -0.2) is 37.0 Å². The van der Waals surface area contributed by atoms with Gasteiger partial charge in [0.05, 0.1) is 6.04 Å². The van der Waals surface area contributed by atoms with Crippen LogP contribution in [0.5, 0.6) is 0 Å². The molecule has 0 spiro atoms. The van der Waals surface area contributed by atoms with E-state index in [1.165, 1.54) is 0 Å². The monoisotopic (exact) mass is 221 g/mol. The molecule has 0 aliphatic heterocycles. The maximum atomic E-state index is 11.8. The highest BCUT2D eigenvalue weighted by Crippen LogP contribution is 2.21. The topological polar surface area (TPSA) is 49.6 Å². The molecule has 0 saturated heterocycles. The summed E-state index contributed by atoms with van der Waals surface area (Å²) in [5.41, 5.74) is 7.48. The van der Waals surface area contributed by atoms with Crippen LogP contribution in [0.4, 0.5) is 10.5 Å². The lowest BCUT2D eigenvalue weighted by Gasteiger charge is -2.28. The van der Waals surface area contributed by atoms with Gasteiger partial charge in [-0.3, -0.25) is 0 Å². The number of nitrogens with two attached hydrogens (primary N) is 1. The Hall–Kier alpha value is -1.71. The summed E-state index contributed by atoms with van der Waals surface area (Å²) in [6.07, 6.45) is 0. The molecule has 16 heavy (non-hydrogen) atoms. The Morgan fingerprint density at radius 3 is 2.44 bits per heavy atom. The van der Waals surface area contributed by atoms with Gasteiger partial charge in [0.15, 0.2) is 0 Å². The Kier molecular flexibility index (Phi) is 3.77. The van der Waals surface area contributed by atoms with Gasteiger partial charge in [-0.15, -0.1) is 0 Å². The van der Waals surface area contributed by atoms with Crippen LogP contribution >= 0.6 is 0 Å². The summed E-state index contributed by atoms with van der Waals surface area (Å²) in [5, 5.41) is 0. The fraction of sp³-hybridized carbons (Fsp3) is 0.417. The highest BCUT2D eigenvalue weighted by atomic mass is 16.2. The normalized spacial score (nSPS) is 12.0. The summed E-state index contributed by atoms with van der Waals surface area (Å²) in [7, 11) is 5.27. The van der Waals surface area contributed by atoms with Crippen molar-refractivity contribution < 1.29 is 4.79 Å². The van der Waals surface area contributed by atoms with Crippen LogP contribution < -0.4 is 5.73 Å². The second kappa shape index (κ2) is 4.88. The molecule has 88 valence electrons. The average molecular weight is 221 g/mol. The van der Waals surface area contributed by atoms with E-state index in [4.69, 9.17) is 5.73 Å². The Bertz CT molecular complexity index is 376. The van der Waals surface area contributed by atoms with Crippen molar-refractivity contribution in [3.05, 3.63) is 29.8 Å². The van der Waals surface area contributed by atoms with Gasteiger partial charge in [0.25, 0.3) is 0 Å². The molecule has 1 rings (SSSR count). The predicted molar refractivity (Wildman–Crippen MR) is 66.1 cm³/mol. The largest absolute Gasteiger partial charge is 0.399 e.